The van der Waals surface area contributed by atoms with Gasteiger partial charge >= 0.3 is 0 Å². The maximum atomic E-state index is 11.6. The van der Waals surface area contributed by atoms with Gasteiger partial charge in [-0.25, -0.2) is 0 Å². The molecule has 2 aliphatic rings. The van der Waals surface area contributed by atoms with Crippen LogP contribution < -0.4 is 10.6 Å². The Hall–Kier alpha value is 0.160. The quantitative estimate of drug-likeness (QED) is 0.494. The average molecular weight is 280 g/mol. The lowest BCUT2D eigenvalue weighted by Gasteiger charge is -2.42. The molecule has 2 heterocycles. The molecule has 2 aliphatic heterocycles. The van der Waals surface area contributed by atoms with Gasteiger partial charge in [0.1, 0.15) is 3.42 Å². The largest absolute Gasteiger partial charge is 0.355 e. The van der Waals surface area contributed by atoms with Gasteiger partial charge in [-0.2, -0.15) is 0 Å². The van der Waals surface area contributed by atoms with Crippen molar-refractivity contribution >= 4 is 28.5 Å². The van der Waals surface area contributed by atoms with E-state index in [2.05, 4.69) is 33.2 Å². The molecule has 0 aromatic heterocycles. The highest BCUT2D eigenvalue weighted by atomic mass is 127. The first-order valence-electron chi connectivity index (χ1n) is 4.41. The molecule has 12 heavy (non-hydrogen) atoms. The molecule has 2 N–H and O–H groups in total. The highest BCUT2D eigenvalue weighted by molar-refractivity contribution is 14.1. The fourth-order valence-electron chi connectivity index (χ4n) is 2.07. The van der Waals surface area contributed by atoms with Crippen molar-refractivity contribution in [3.8, 4) is 0 Å². The minimum atomic E-state index is -0.158. The van der Waals surface area contributed by atoms with Crippen molar-refractivity contribution in [2.24, 2.45) is 5.92 Å². The number of piperidine rings is 2. The molecule has 0 bridgehead atoms. The Kier molecular flexibility index (Phi) is 2.29. The van der Waals surface area contributed by atoms with Crippen LogP contribution in [-0.4, -0.2) is 29.0 Å². The van der Waals surface area contributed by atoms with Crippen molar-refractivity contribution in [2.75, 3.05) is 19.6 Å². The summed E-state index contributed by atoms with van der Waals surface area (Å²) >= 11 is 2.32. The van der Waals surface area contributed by atoms with Gasteiger partial charge in [0.2, 0.25) is 5.91 Å². The normalized spacial score (nSPS) is 41.8. The van der Waals surface area contributed by atoms with Crippen molar-refractivity contribution in [1.29, 1.82) is 0 Å². The molecule has 68 valence electrons. The lowest BCUT2D eigenvalue weighted by molar-refractivity contribution is -0.126. The molecule has 1 amide bonds. The van der Waals surface area contributed by atoms with E-state index in [1.807, 2.05) is 0 Å². The molecule has 2 fully saturated rings. The van der Waals surface area contributed by atoms with Gasteiger partial charge in [-0.1, -0.05) is 22.6 Å². The fourth-order valence-corrected chi connectivity index (χ4v) is 3.15. The third kappa shape index (κ3) is 1.25. The van der Waals surface area contributed by atoms with Gasteiger partial charge in [-0.05, 0) is 25.3 Å². The molecule has 2 rings (SSSR count). The molecule has 0 radical (unpaired) electrons. The van der Waals surface area contributed by atoms with E-state index in [0.717, 1.165) is 32.5 Å². The summed E-state index contributed by atoms with van der Waals surface area (Å²) in [6.45, 7) is 2.78. The van der Waals surface area contributed by atoms with Crippen LogP contribution in [-0.2, 0) is 4.79 Å². The number of amides is 1. The van der Waals surface area contributed by atoms with Crippen molar-refractivity contribution in [2.45, 2.75) is 16.3 Å². The highest BCUT2D eigenvalue weighted by Crippen LogP contribution is 2.37. The zero-order chi connectivity index (χ0) is 8.60. The van der Waals surface area contributed by atoms with E-state index in [1.54, 1.807) is 0 Å². The van der Waals surface area contributed by atoms with Gasteiger partial charge in [0.05, 0.1) is 0 Å². The number of carbonyl (C=O) groups is 1. The van der Waals surface area contributed by atoms with Crippen LogP contribution in [0.5, 0.6) is 0 Å². The van der Waals surface area contributed by atoms with Crippen LogP contribution in [0.4, 0.5) is 0 Å². The van der Waals surface area contributed by atoms with E-state index >= 15 is 0 Å². The standard InChI is InChI=1S/C8H13IN2O/c9-8-5-10-3-1-6(8)2-4-11-7(8)12/h6,10H,1-5H2,(H,11,12). The molecule has 3 nitrogen and oxygen atoms in total. The Morgan fingerprint density at radius 3 is 2.92 bits per heavy atom. The van der Waals surface area contributed by atoms with Crippen molar-refractivity contribution in [1.82, 2.24) is 10.6 Å². The number of rotatable bonds is 0. The monoisotopic (exact) mass is 280 g/mol. The number of halogens is 1. The Labute approximate surface area is 85.8 Å². The highest BCUT2D eigenvalue weighted by Gasteiger charge is 2.46. The molecule has 0 spiro atoms. The molecule has 2 saturated heterocycles. The summed E-state index contributed by atoms with van der Waals surface area (Å²) in [5, 5.41) is 6.22. The lowest BCUT2D eigenvalue weighted by atomic mass is 9.81. The number of fused-ring (bicyclic) bond motifs is 1. The van der Waals surface area contributed by atoms with Crippen LogP contribution in [0.25, 0.3) is 0 Å². The Morgan fingerprint density at radius 1 is 1.42 bits per heavy atom. The van der Waals surface area contributed by atoms with Crippen molar-refractivity contribution < 1.29 is 4.79 Å². The van der Waals surface area contributed by atoms with Crippen molar-refractivity contribution in [3.63, 3.8) is 0 Å². The van der Waals surface area contributed by atoms with E-state index in [9.17, 15) is 4.79 Å². The minimum Gasteiger partial charge on any atom is -0.355 e. The third-order valence-electron chi connectivity index (χ3n) is 2.85. The van der Waals surface area contributed by atoms with Gasteiger partial charge in [-0.3, -0.25) is 4.79 Å². The zero-order valence-electron chi connectivity index (χ0n) is 6.90. The van der Waals surface area contributed by atoms with Gasteiger partial charge in [-0.15, -0.1) is 0 Å². The molecule has 0 aromatic carbocycles. The number of nitrogens with one attached hydrogen (secondary N) is 2. The second-order valence-corrected chi connectivity index (χ2v) is 5.49. The van der Waals surface area contributed by atoms with E-state index in [1.165, 1.54) is 0 Å². The first-order chi connectivity index (χ1) is 5.73. The predicted molar refractivity (Wildman–Crippen MR) is 55.4 cm³/mol. The van der Waals surface area contributed by atoms with Crippen LogP contribution in [0.2, 0.25) is 0 Å². The predicted octanol–water partition coefficient (Wildman–Crippen LogP) is 0.290. The third-order valence-corrected chi connectivity index (χ3v) is 4.61. The molecule has 2 atom stereocenters. The maximum Gasteiger partial charge on any atom is 0.237 e. The van der Waals surface area contributed by atoms with Crippen LogP contribution >= 0.6 is 22.6 Å². The Bertz CT molecular complexity index is 207. The summed E-state index contributed by atoms with van der Waals surface area (Å²) in [4.78, 5) is 11.6. The molecular weight excluding hydrogens is 267 g/mol. The molecule has 0 aliphatic carbocycles. The summed E-state index contributed by atoms with van der Waals surface area (Å²) in [5.41, 5.74) is 0. The molecule has 0 saturated carbocycles. The van der Waals surface area contributed by atoms with Crippen LogP contribution in [0.1, 0.15) is 12.8 Å². The summed E-state index contributed by atoms with van der Waals surface area (Å²) in [6, 6.07) is 0. The summed E-state index contributed by atoms with van der Waals surface area (Å²) in [5.74, 6) is 0.819. The molecule has 0 aromatic rings. The number of carbonyl (C=O) groups excluding carboxylic acids is 1. The number of hydrogen-bond acceptors (Lipinski definition) is 2. The SMILES string of the molecule is O=C1NCCC2CCNCC12I. The summed E-state index contributed by atoms with van der Waals surface area (Å²) < 4.78 is -0.158. The van der Waals surface area contributed by atoms with E-state index in [4.69, 9.17) is 0 Å². The van der Waals surface area contributed by atoms with Crippen LogP contribution in [0, 0.1) is 5.92 Å². The second-order valence-electron chi connectivity index (χ2n) is 3.57. The van der Waals surface area contributed by atoms with Gasteiger partial charge in [0.15, 0.2) is 0 Å². The van der Waals surface area contributed by atoms with Gasteiger partial charge in [0, 0.05) is 13.1 Å². The van der Waals surface area contributed by atoms with E-state index < -0.39 is 0 Å². The Morgan fingerprint density at radius 2 is 2.17 bits per heavy atom. The Balaban J connectivity index is 2.20. The smallest absolute Gasteiger partial charge is 0.237 e. The van der Waals surface area contributed by atoms with Gasteiger partial charge < -0.3 is 10.6 Å². The summed E-state index contributed by atoms with van der Waals surface area (Å²) in [7, 11) is 0. The molecule has 4 heteroatoms. The van der Waals surface area contributed by atoms with Gasteiger partial charge in [0.25, 0.3) is 0 Å². The second kappa shape index (κ2) is 3.14. The maximum absolute atomic E-state index is 11.6. The average Bonchev–Trinajstić information content (AvgIpc) is 2.07. The zero-order valence-corrected chi connectivity index (χ0v) is 9.06. The van der Waals surface area contributed by atoms with E-state index in [0.29, 0.717) is 5.92 Å². The number of hydrogen-bond donors (Lipinski definition) is 2. The minimum absolute atomic E-state index is 0.158. The van der Waals surface area contributed by atoms with E-state index in [-0.39, 0.29) is 9.33 Å². The van der Waals surface area contributed by atoms with Crippen LogP contribution in [0.15, 0.2) is 0 Å². The van der Waals surface area contributed by atoms with Crippen LogP contribution in [0.3, 0.4) is 0 Å². The fraction of sp³-hybridized carbons (Fsp3) is 0.875. The van der Waals surface area contributed by atoms with Crippen molar-refractivity contribution in [3.05, 3.63) is 0 Å². The topological polar surface area (TPSA) is 41.1 Å². The lowest BCUT2D eigenvalue weighted by Crippen LogP contribution is -2.60. The first-order valence-corrected chi connectivity index (χ1v) is 5.49. The molecular formula is C8H13IN2O. The summed E-state index contributed by atoms with van der Waals surface area (Å²) in [6.07, 6.45) is 2.30. The molecule has 2 unspecified atom stereocenters. The first kappa shape index (κ1) is 8.74. The number of alkyl halides is 1.